The summed E-state index contributed by atoms with van der Waals surface area (Å²) in [5.41, 5.74) is 0.153. The van der Waals surface area contributed by atoms with Gasteiger partial charge in [-0.3, -0.25) is 0 Å². The highest BCUT2D eigenvalue weighted by Crippen LogP contribution is 2.33. The molecule has 5 heteroatoms. The Bertz CT molecular complexity index is 309. The molecule has 0 amide bonds. The lowest BCUT2D eigenvalue weighted by atomic mass is 10.3. The van der Waals surface area contributed by atoms with Gasteiger partial charge < -0.3 is 4.74 Å². The summed E-state index contributed by atoms with van der Waals surface area (Å²) in [6.45, 7) is 4.25. The van der Waals surface area contributed by atoms with Gasteiger partial charge in [0.1, 0.15) is 6.07 Å². The smallest absolute Gasteiger partial charge is 0.350 e. The number of unbranched alkanes of at least 4 members (excludes halogenated alkanes) is 2. The number of hydrogen-bond acceptors (Lipinski definition) is 5. The topological polar surface area (TPSA) is 50.1 Å². The monoisotopic (exact) mass is 287 g/mol. The maximum absolute atomic E-state index is 11.5. The number of carbonyl (C=O) groups is 1. The van der Waals surface area contributed by atoms with Gasteiger partial charge in [-0.1, -0.05) is 26.7 Å². The van der Waals surface area contributed by atoms with E-state index in [4.69, 9.17) is 5.26 Å². The summed E-state index contributed by atoms with van der Waals surface area (Å²) in [6.07, 6.45) is 4.39. The molecular weight excluding hydrogens is 266 g/mol. The number of nitrogens with zero attached hydrogens (tertiary/aromatic N) is 1. The molecule has 0 aliphatic heterocycles. The van der Waals surface area contributed by atoms with Crippen molar-refractivity contribution in [3.63, 3.8) is 0 Å². The molecule has 0 aromatic carbocycles. The first-order valence-electron chi connectivity index (χ1n) is 6.19. The molecule has 0 bridgehead atoms. The predicted molar refractivity (Wildman–Crippen MR) is 79.4 cm³/mol. The minimum absolute atomic E-state index is 0.153. The summed E-state index contributed by atoms with van der Waals surface area (Å²) in [5, 5.41) is 9.08. The Hall–Kier alpha value is -0.600. The zero-order chi connectivity index (χ0) is 13.8. The van der Waals surface area contributed by atoms with Crippen LogP contribution in [0.3, 0.4) is 0 Å². The van der Waals surface area contributed by atoms with Gasteiger partial charge in [0.25, 0.3) is 0 Å². The second kappa shape index (κ2) is 11.5. The van der Waals surface area contributed by atoms with Gasteiger partial charge in [0.05, 0.1) is 11.3 Å². The largest absolute Gasteiger partial charge is 0.465 e. The number of carbonyl (C=O) groups excluding carboxylic acids is 1. The quantitative estimate of drug-likeness (QED) is 0.278. The average molecular weight is 287 g/mol. The lowest BCUT2D eigenvalue weighted by Gasteiger charge is -2.08. The summed E-state index contributed by atoms with van der Waals surface area (Å²) in [7, 11) is 1.31. The molecule has 0 radical (unpaired) electrons. The first kappa shape index (κ1) is 17.4. The fourth-order valence-corrected chi connectivity index (χ4v) is 3.70. The molecule has 0 atom stereocenters. The third-order valence-corrected chi connectivity index (χ3v) is 4.79. The second-order valence-electron chi connectivity index (χ2n) is 3.67. The van der Waals surface area contributed by atoms with Crippen LogP contribution in [0.5, 0.6) is 0 Å². The summed E-state index contributed by atoms with van der Waals surface area (Å²) in [4.78, 5) is 11.5. The van der Waals surface area contributed by atoms with Crippen molar-refractivity contribution < 1.29 is 9.53 Å². The molecule has 102 valence electrons. The molecule has 18 heavy (non-hydrogen) atoms. The van der Waals surface area contributed by atoms with E-state index in [9.17, 15) is 4.79 Å². The van der Waals surface area contributed by atoms with Crippen molar-refractivity contribution >= 4 is 29.5 Å². The van der Waals surface area contributed by atoms with Crippen molar-refractivity contribution in [3.8, 4) is 6.07 Å². The zero-order valence-corrected chi connectivity index (χ0v) is 13.0. The average Bonchev–Trinajstić information content (AvgIpc) is 2.39. The number of esters is 1. The molecule has 0 aromatic heterocycles. The van der Waals surface area contributed by atoms with Crippen LogP contribution in [0.1, 0.15) is 39.5 Å². The van der Waals surface area contributed by atoms with Gasteiger partial charge in [0, 0.05) is 0 Å². The van der Waals surface area contributed by atoms with Crippen LogP contribution in [-0.2, 0) is 9.53 Å². The predicted octanol–water partition coefficient (Wildman–Crippen LogP) is 3.96. The summed E-state index contributed by atoms with van der Waals surface area (Å²) in [5.74, 6) is 1.35. The standard InChI is InChI=1S/C13H21NO2S2/c1-4-6-8-17-13(18-9-7-5-2)11(10-14)12(15)16-3/h4-9H2,1-3H3. The van der Waals surface area contributed by atoms with Gasteiger partial charge in [-0.2, -0.15) is 5.26 Å². The summed E-state index contributed by atoms with van der Waals surface area (Å²) < 4.78 is 5.46. The number of methoxy groups -OCH3 is 1. The number of thioether (sulfide) groups is 2. The van der Waals surface area contributed by atoms with E-state index in [0.29, 0.717) is 0 Å². The molecule has 0 fully saturated rings. The van der Waals surface area contributed by atoms with E-state index in [1.165, 1.54) is 7.11 Å². The second-order valence-corrected chi connectivity index (χ2v) is 6.14. The van der Waals surface area contributed by atoms with E-state index < -0.39 is 5.97 Å². The van der Waals surface area contributed by atoms with Gasteiger partial charge >= 0.3 is 5.97 Å². The van der Waals surface area contributed by atoms with E-state index in [1.54, 1.807) is 23.5 Å². The highest BCUT2D eigenvalue weighted by Gasteiger charge is 2.16. The lowest BCUT2D eigenvalue weighted by molar-refractivity contribution is -0.135. The zero-order valence-electron chi connectivity index (χ0n) is 11.3. The van der Waals surface area contributed by atoms with Crippen molar-refractivity contribution in [2.24, 2.45) is 0 Å². The van der Waals surface area contributed by atoms with Crippen molar-refractivity contribution in [1.29, 1.82) is 5.26 Å². The molecule has 0 rings (SSSR count). The SMILES string of the molecule is CCCCSC(SCCCC)=C(C#N)C(=O)OC. The molecule has 0 aliphatic carbocycles. The third kappa shape index (κ3) is 6.97. The van der Waals surface area contributed by atoms with E-state index in [0.717, 1.165) is 41.4 Å². The Morgan fingerprint density at radius 2 is 1.67 bits per heavy atom. The normalized spacial score (nSPS) is 9.67. The van der Waals surface area contributed by atoms with Crippen LogP contribution in [0, 0.1) is 11.3 Å². The molecule has 3 nitrogen and oxygen atoms in total. The maximum atomic E-state index is 11.5. The summed E-state index contributed by atoms with van der Waals surface area (Å²) in [6, 6.07) is 1.97. The highest BCUT2D eigenvalue weighted by atomic mass is 32.2. The van der Waals surface area contributed by atoms with E-state index >= 15 is 0 Å². The maximum Gasteiger partial charge on any atom is 0.350 e. The molecule has 0 saturated carbocycles. The van der Waals surface area contributed by atoms with Crippen molar-refractivity contribution in [1.82, 2.24) is 0 Å². The van der Waals surface area contributed by atoms with Crippen LogP contribution in [-0.4, -0.2) is 24.6 Å². The van der Waals surface area contributed by atoms with Crippen LogP contribution in [0.2, 0.25) is 0 Å². The molecule has 0 aliphatic rings. The molecular formula is C13H21NO2S2. The molecule has 0 saturated heterocycles. The van der Waals surface area contributed by atoms with E-state index in [2.05, 4.69) is 18.6 Å². The first-order valence-corrected chi connectivity index (χ1v) is 8.16. The molecule has 0 unspecified atom stereocenters. The van der Waals surface area contributed by atoms with Crippen molar-refractivity contribution in [2.45, 2.75) is 39.5 Å². The van der Waals surface area contributed by atoms with Crippen LogP contribution < -0.4 is 0 Å². The molecule has 0 N–H and O–H groups in total. The van der Waals surface area contributed by atoms with Crippen molar-refractivity contribution in [3.05, 3.63) is 9.81 Å². The van der Waals surface area contributed by atoms with Crippen molar-refractivity contribution in [2.75, 3.05) is 18.6 Å². The number of hydrogen-bond donors (Lipinski definition) is 0. The fourth-order valence-electron chi connectivity index (χ4n) is 1.08. The van der Waals surface area contributed by atoms with E-state index in [1.807, 2.05) is 6.07 Å². The Morgan fingerprint density at radius 1 is 1.17 bits per heavy atom. The Kier molecular flexibility index (Phi) is 11.1. The third-order valence-electron chi connectivity index (χ3n) is 2.17. The summed E-state index contributed by atoms with van der Waals surface area (Å²) >= 11 is 3.18. The Balaban J connectivity index is 4.72. The van der Waals surface area contributed by atoms with Crippen LogP contribution >= 0.6 is 23.5 Å². The fraction of sp³-hybridized carbons (Fsp3) is 0.692. The number of rotatable bonds is 9. The van der Waals surface area contributed by atoms with Gasteiger partial charge in [-0.05, 0) is 24.3 Å². The van der Waals surface area contributed by atoms with Crippen LogP contribution in [0.4, 0.5) is 0 Å². The minimum atomic E-state index is -0.527. The Labute approximate surface area is 118 Å². The molecule has 0 heterocycles. The lowest BCUT2D eigenvalue weighted by Crippen LogP contribution is -2.05. The van der Waals surface area contributed by atoms with E-state index in [-0.39, 0.29) is 5.57 Å². The van der Waals surface area contributed by atoms with Crippen LogP contribution in [0.15, 0.2) is 9.81 Å². The first-order chi connectivity index (χ1) is 8.71. The van der Waals surface area contributed by atoms with Crippen LogP contribution in [0.25, 0.3) is 0 Å². The molecule has 0 spiro atoms. The minimum Gasteiger partial charge on any atom is -0.465 e. The van der Waals surface area contributed by atoms with Gasteiger partial charge in [0.2, 0.25) is 0 Å². The molecule has 0 aromatic rings. The Morgan fingerprint density at radius 3 is 2.00 bits per heavy atom. The number of nitriles is 1. The van der Waals surface area contributed by atoms with Gasteiger partial charge in [-0.15, -0.1) is 23.5 Å². The van der Waals surface area contributed by atoms with Gasteiger partial charge in [-0.25, -0.2) is 4.79 Å². The van der Waals surface area contributed by atoms with Gasteiger partial charge in [0.15, 0.2) is 5.57 Å². The highest BCUT2D eigenvalue weighted by molar-refractivity contribution is 8.22. The number of ether oxygens (including phenoxy) is 1.